The molecular formula is C13H23NO4. The largest absolute Gasteiger partial charge is 0.469 e. The summed E-state index contributed by atoms with van der Waals surface area (Å²) >= 11 is 0. The lowest BCUT2D eigenvalue weighted by Crippen LogP contribution is -2.49. The van der Waals surface area contributed by atoms with Gasteiger partial charge in [0.25, 0.3) is 0 Å². The minimum Gasteiger partial charge on any atom is -0.469 e. The molecule has 0 spiro atoms. The lowest BCUT2D eigenvalue weighted by atomic mass is 9.97. The highest BCUT2D eigenvalue weighted by molar-refractivity contribution is 5.75. The molecule has 0 N–H and O–H groups in total. The van der Waals surface area contributed by atoms with E-state index < -0.39 is 0 Å². The third-order valence-electron chi connectivity index (χ3n) is 3.43. The lowest BCUT2D eigenvalue weighted by molar-refractivity contribution is -0.152. The summed E-state index contributed by atoms with van der Waals surface area (Å²) in [7, 11) is 1.39. The van der Waals surface area contributed by atoms with Crippen LogP contribution >= 0.6 is 0 Å². The van der Waals surface area contributed by atoms with Gasteiger partial charge in [-0.1, -0.05) is 6.42 Å². The van der Waals surface area contributed by atoms with Gasteiger partial charge in [0.1, 0.15) is 6.04 Å². The first-order valence-corrected chi connectivity index (χ1v) is 6.59. The highest BCUT2D eigenvalue weighted by atomic mass is 16.5. The molecule has 0 aromatic heterocycles. The molecule has 0 saturated carbocycles. The second-order valence-electron chi connectivity index (χ2n) is 4.60. The molecule has 1 rings (SSSR count). The highest BCUT2D eigenvalue weighted by Crippen LogP contribution is 2.22. The fraction of sp³-hybridized carbons (Fsp3) is 0.846. The maximum atomic E-state index is 11.8. The monoisotopic (exact) mass is 257 g/mol. The van der Waals surface area contributed by atoms with Crippen molar-refractivity contribution in [2.75, 3.05) is 20.3 Å². The Labute approximate surface area is 108 Å². The minimum absolute atomic E-state index is 0.0885. The van der Waals surface area contributed by atoms with E-state index >= 15 is 0 Å². The van der Waals surface area contributed by atoms with Crippen LogP contribution < -0.4 is 0 Å². The van der Waals surface area contributed by atoms with Crippen LogP contribution in [0.5, 0.6) is 0 Å². The minimum atomic E-state index is -0.292. The van der Waals surface area contributed by atoms with Crippen molar-refractivity contribution in [1.82, 2.24) is 4.90 Å². The summed E-state index contributed by atoms with van der Waals surface area (Å²) in [5.41, 5.74) is 0. The Morgan fingerprint density at radius 2 is 2.11 bits per heavy atom. The van der Waals surface area contributed by atoms with Gasteiger partial charge < -0.3 is 9.47 Å². The van der Waals surface area contributed by atoms with Gasteiger partial charge in [-0.15, -0.1) is 0 Å². The summed E-state index contributed by atoms with van der Waals surface area (Å²) in [6, 6.07) is -0.203. The molecule has 2 atom stereocenters. The molecule has 1 heterocycles. The lowest BCUT2D eigenvalue weighted by Gasteiger charge is -2.38. The topological polar surface area (TPSA) is 55.8 Å². The van der Waals surface area contributed by atoms with E-state index in [0.717, 1.165) is 25.8 Å². The molecule has 5 heteroatoms. The molecule has 1 saturated heterocycles. The van der Waals surface area contributed by atoms with Crippen molar-refractivity contribution < 1.29 is 19.1 Å². The van der Waals surface area contributed by atoms with Gasteiger partial charge in [0, 0.05) is 6.04 Å². The Morgan fingerprint density at radius 3 is 2.72 bits per heavy atom. The first-order chi connectivity index (χ1) is 8.60. The third kappa shape index (κ3) is 3.98. The van der Waals surface area contributed by atoms with E-state index in [2.05, 4.69) is 4.90 Å². The molecule has 104 valence electrons. The highest BCUT2D eigenvalue weighted by Gasteiger charge is 2.32. The van der Waals surface area contributed by atoms with Crippen LogP contribution in [0, 0.1) is 0 Å². The summed E-state index contributed by atoms with van der Waals surface area (Å²) in [6.45, 7) is 4.86. The number of carbonyl (C=O) groups excluding carboxylic acids is 2. The van der Waals surface area contributed by atoms with Crippen LogP contribution in [-0.2, 0) is 19.1 Å². The number of carbonyl (C=O) groups is 2. The fourth-order valence-corrected chi connectivity index (χ4v) is 2.43. The zero-order valence-corrected chi connectivity index (χ0v) is 11.5. The number of nitrogens with zero attached hydrogens (tertiary/aromatic N) is 1. The first kappa shape index (κ1) is 15.0. The van der Waals surface area contributed by atoms with Crippen LogP contribution in [-0.4, -0.2) is 49.2 Å². The molecule has 2 unspecified atom stereocenters. The summed E-state index contributed by atoms with van der Waals surface area (Å²) in [5.74, 6) is -0.433. The normalized spacial score (nSPS) is 22.3. The van der Waals surface area contributed by atoms with Gasteiger partial charge in [-0.2, -0.15) is 0 Å². The van der Waals surface area contributed by atoms with Gasteiger partial charge in [0.15, 0.2) is 0 Å². The number of piperidine rings is 1. The van der Waals surface area contributed by atoms with Gasteiger partial charge in [0.2, 0.25) is 0 Å². The summed E-state index contributed by atoms with van der Waals surface area (Å²) in [4.78, 5) is 25.2. The number of ether oxygens (including phenoxy) is 2. The summed E-state index contributed by atoms with van der Waals surface area (Å²) in [5, 5.41) is 0. The maximum Gasteiger partial charge on any atom is 0.323 e. The maximum absolute atomic E-state index is 11.8. The molecule has 0 aromatic rings. The molecule has 0 aliphatic carbocycles. The van der Waals surface area contributed by atoms with Crippen LogP contribution in [0.25, 0.3) is 0 Å². The van der Waals surface area contributed by atoms with E-state index in [-0.39, 0.29) is 24.0 Å². The third-order valence-corrected chi connectivity index (χ3v) is 3.43. The van der Waals surface area contributed by atoms with E-state index in [1.165, 1.54) is 7.11 Å². The number of methoxy groups -OCH3 is 1. The van der Waals surface area contributed by atoms with Crippen LogP contribution in [0.4, 0.5) is 0 Å². The Morgan fingerprint density at radius 1 is 1.39 bits per heavy atom. The van der Waals surface area contributed by atoms with E-state index in [1.54, 1.807) is 6.92 Å². The summed E-state index contributed by atoms with van der Waals surface area (Å²) < 4.78 is 9.75. The first-order valence-electron chi connectivity index (χ1n) is 6.59. The molecular weight excluding hydrogens is 234 g/mol. The van der Waals surface area contributed by atoms with Crippen LogP contribution in [0.15, 0.2) is 0 Å². The van der Waals surface area contributed by atoms with Crippen LogP contribution in [0.3, 0.4) is 0 Å². The average Bonchev–Trinajstić information content (AvgIpc) is 2.38. The molecule has 1 aliphatic rings. The quantitative estimate of drug-likeness (QED) is 0.696. The summed E-state index contributed by atoms with van der Waals surface area (Å²) in [6.07, 6.45) is 3.42. The van der Waals surface area contributed by atoms with Gasteiger partial charge in [0.05, 0.1) is 20.1 Å². The number of rotatable bonds is 5. The molecule has 0 aromatic carbocycles. The molecule has 0 amide bonds. The number of esters is 2. The van der Waals surface area contributed by atoms with E-state index in [0.29, 0.717) is 13.0 Å². The van der Waals surface area contributed by atoms with E-state index in [1.807, 2.05) is 6.92 Å². The van der Waals surface area contributed by atoms with Crippen LogP contribution in [0.1, 0.15) is 39.5 Å². The number of likely N-dealkylation sites (tertiary alicyclic amines) is 1. The van der Waals surface area contributed by atoms with Crippen molar-refractivity contribution in [1.29, 1.82) is 0 Å². The van der Waals surface area contributed by atoms with Crippen molar-refractivity contribution in [2.24, 2.45) is 0 Å². The standard InChI is InChI=1S/C13H23NO4/c1-4-18-13(16)10(2)14-8-6-5-7-11(14)9-12(15)17-3/h10-11H,4-9H2,1-3H3. The fourth-order valence-electron chi connectivity index (χ4n) is 2.43. The number of hydrogen-bond donors (Lipinski definition) is 0. The van der Waals surface area contributed by atoms with Gasteiger partial charge >= 0.3 is 11.9 Å². The Bertz CT molecular complexity index is 293. The molecule has 5 nitrogen and oxygen atoms in total. The van der Waals surface area contributed by atoms with Crippen molar-refractivity contribution in [2.45, 2.75) is 51.6 Å². The van der Waals surface area contributed by atoms with Gasteiger partial charge in [-0.3, -0.25) is 14.5 Å². The van der Waals surface area contributed by atoms with E-state index in [9.17, 15) is 9.59 Å². The molecule has 18 heavy (non-hydrogen) atoms. The molecule has 1 aliphatic heterocycles. The molecule has 0 radical (unpaired) electrons. The van der Waals surface area contributed by atoms with Gasteiger partial charge in [-0.05, 0) is 33.2 Å². The number of hydrogen-bond acceptors (Lipinski definition) is 5. The second-order valence-corrected chi connectivity index (χ2v) is 4.60. The SMILES string of the molecule is CCOC(=O)C(C)N1CCCCC1CC(=O)OC. The van der Waals surface area contributed by atoms with Crippen molar-refractivity contribution >= 4 is 11.9 Å². The predicted octanol–water partition coefficient (Wildman–Crippen LogP) is 1.36. The second kappa shape index (κ2) is 7.36. The van der Waals surface area contributed by atoms with Gasteiger partial charge in [-0.25, -0.2) is 0 Å². The predicted molar refractivity (Wildman–Crippen MR) is 67.1 cm³/mol. The smallest absolute Gasteiger partial charge is 0.323 e. The van der Waals surface area contributed by atoms with Crippen molar-refractivity contribution in [3.63, 3.8) is 0 Å². The Kier molecular flexibility index (Phi) is 6.12. The molecule has 0 bridgehead atoms. The molecule has 1 fully saturated rings. The zero-order valence-electron chi connectivity index (χ0n) is 11.5. The van der Waals surface area contributed by atoms with E-state index in [4.69, 9.17) is 9.47 Å². The Hall–Kier alpha value is -1.10. The van der Waals surface area contributed by atoms with Crippen molar-refractivity contribution in [3.8, 4) is 0 Å². The Balaban J connectivity index is 2.63. The zero-order chi connectivity index (χ0) is 13.5. The van der Waals surface area contributed by atoms with Crippen molar-refractivity contribution in [3.05, 3.63) is 0 Å². The van der Waals surface area contributed by atoms with Crippen LogP contribution in [0.2, 0.25) is 0 Å². The average molecular weight is 257 g/mol.